The topological polar surface area (TPSA) is 59.0 Å². The van der Waals surface area contributed by atoms with Crippen LogP contribution in [0.15, 0.2) is 0 Å². The molecule has 5 heteroatoms. The van der Waals surface area contributed by atoms with Crippen LogP contribution in [0.1, 0.15) is 19.8 Å². The second-order valence-electron chi connectivity index (χ2n) is 4.22. The zero-order valence-corrected chi connectivity index (χ0v) is 10.1. The van der Waals surface area contributed by atoms with Crippen molar-refractivity contribution in [2.45, 2.75) is 25.4 Å². The largest absolute Gasteiger partial charge is 0.388 e. The van der Waals surface area contributed by atoms with E-state index in [-0.39, 0.29) is 12.5 Å². The van der Waals surface area contributed by atoms with Crippen LogP contribution in [0.25, 0.3) is 0 Å². The number of nitrogens with zero attached hydrogens (tertiary/aromatic N) is 1. The number of amides is 1. The molecular formula is C11H21NO4. The molecule has 0 spiro atoms. The summed E-state index contributed by atoms with van der Waals surface area (Å²) in [6, 6.07) is 0. The van der Waals surface area contributed by atoms with Crippen LogP contribution in [0, 0.1) is 0 Å². The van der Waals surface area contributed by atoms with E-state index in [9.17, 15) is 9.90 Å². The van der Waals surface area contributed by atoms with E-state index in [1.165, 1.54) is 4.90 Å². The van der Waals surface area contributed by atoms with Gasteiger partial charge in [-0.2, -0.15) is 0 Å². The molecule has 0 aromatic heterocycles. The minimum Gasteiger partial charge on any atom is -0.388 e. The molecule has 5 nitrogen and oxygen atoms in total. The van der Waals surface area contributed by atoms with Crippen molar-refractivity contribution >= 4 is 5.91 Å². The van der Waals surface area contributed by atoms with Crippen molar-refractivity contribution in [3.05, 3.63) is 0 Å². The highest BCUT2D eigenvalue weighted by molar-refractivity contribution is 5.77. The second kappa shape index (κ2) is 6.18. The highest BCUT2D eigenvalue weighted by Crippen LogP contribution is 2.21. The van der Waals surface area contributed by atoms with E-state index >= 15 is 0 Å². The molecule has 0 aromatic rings. The fourth-order valence-electron chi connectivity index (χ4n) is 1.74. The molecule has 0 unspecified atom stereocenters. The van der Waals surface area contributed by atoms with Crippen LogP contribution in [-0.2, 0) is 14.3 Å². The third-order valence-electron chi connectivity index (χ3n) is 2.81. The average Bonchev–Trinajstić information content (AvgIpc) is 2.26. The first-order valence-corrected chi connectivity index (χ1v) is 5.69. The number of carbonyl (C=O) groups excluding carboxylic acids is 1. The molecule has 0 aliphatic carbocycles. The Morgan fingerprint density at radius 2 is 2.12 bits per heavy atom. The fraction of sp³-hybridized carbons (Fsp3) is 0.909. The van der Waals surface area contributed by atoms with Crippen molar-refractivity contribution < 1.29 is 19.4 Å². The van der Waals surface area contributed by atoms with Gasteiger partial charge in [0.15, 0.2) is 0 Å². The fourth-order valence-corrected chi connectivity index (χ4v) is 1.74. The summed E-state index contributed by atoms with van der Waals surface area (Å²) in [5.41, 5.74) is -0.797. The van der Waals surface area contributed by atoms with Gasteiger partial charge in [-0.3, -0.25) is 4.79 Å². The number of ether oxygens (including phenoxy) is 2. The number of carbonyl (C=O) groups is 1. The number of hydrogen-bond donors (Lipinski definition) is 1. The lowest BCUT2D eigenvalue weighted by atomic mass is 9.94. The summed E-state index contributed by atoms with van der Waals surface area (Å²) >= 11 is 0. The molecule has 16 heavy (non-hydrogen) atoms. The van der Waals surface area contributed by atoms with Crippen LogP contribution in [0.2, 0.25) is 0 Å². The monoisotopic (exact) mass is 231 g/mol. The van der Waals surface area contributed by atoms with Gasteiger partial charge in [-0.15, -0.1) is 0 Å². The standard InChI is InChI=1S/C11H21NO4/c1-3-15-8-10(13)12(2)9-11(14)4-6-16-7-5-11/h14H,3-9H2,1-2H3. The van der Waals surface area contributed by atoms with Gasteiger partial charge in [0.05, 0.1) is 5.60 Å². The smallest absolute Gasteiger partial charge is 0.248 e. The quantitative estimate of drug-likeness (QED) is 0.725. The molecule has 1 fully saturated rings. The second-order valence-corrected chi connectivity index (χ2v) is 4.22. The van der Waals surface area contributed by atoms with E-state index in [2.05, 4.69) is 0 Å². The highest BCUT2D eigenvalue weighted by Gasteiger charge is 2.32. The van der Waals surface area contributed by atoms with Gasteiger partial charge >= 0.3 is 0 Å². The Balaban J connectivity index is 2.36. The van der Waals surface area contributed by atoms with Gasteiger partial charge in [0, 0.05) is 46.3 Å². The summed E-state index contributed by atoms with van der Waals surface area (Å²) in [6.45, 7) is 3.92. The Morgan fingerprint density at radius 1 is 1.50 bits per heavy atom. The van der Waals surface area contributed by atoms with Crippen molar-refractivity contribution in [2.75, 3.05) is 40.0 Å². The first-order chi connectivity index (χ1) is 7.57. The molecular weight excluding hydrogens is 210 g/mol. The molecule has 1 aliphatic heterocycles. The van der Waals surface area contributed by atoms with Gasteiger partial charge in [0.1, 0.15) is 6.61 Å². The van der Waals surface area contributed by atoms with Gasteiger partial charge < -0.3 is 19.5 Å². The Morgan fingerprint density at radius 3 is 2.69 bits per heavy atom. The third kappa shape index (κ3) is 4.08. The lowest BCUT2D eigenvalue weighted by molar-refractivity contribution is -0.141. The zero-order valence-electron chi connectivity index (χ0n) is 10.1. The Hall–Kier alpha value is -0.650. The summed E-state index contributed by atoms with van der Waals surface area (Å²) in [5.74, 6) is -0.0956. The number of aliphatic hydroxyl groups is 1. The number of hydrogen-bond acceptors (Lipinski definition) is 4. The van der Waals surface area contributed by atoms with E-state index in [0.29, 0.717) is 39.2 Å². The zero-order chi connectivity index (χ0) is 12.0. The molecule has 1 aliphatic rings. The first kappa shape index (κ1) is 13.4. The van der Waals surface area contributed by atoms with Crippen LogP contribution < -0.4 is 0 Å². The van der Waals surface area contributed by atoms with Crippen molar-refractivity contribution in [1.82, 2.24) is 4.90 Å². The van der Waals surface area contributed by atoms with E-state index in [1.807, 2.05) is 6.92 Å². The van der Waals surface area contributed by atoms with Gasteiger partial charge in [-0.25, -0.2) is 0 Å². The maximum atomic E-state index is 11.6. The first-order valence-electron chi connectivity index (χ1n) is 5.69. The highest BCUT2D eigenvalue weighted by atomic mass is 16.5. The summed E-state index contributed by atoms with van der Waals surface area (Å²) in [4.78, 5) is 13.1. The van der Waals surface area contributed by atoms with E-state index in [0.717, 1.165) is 0 Å². The SMILES string of the molecule is CCOCC(=O)N(C)CC1(O)CCOCC1. The minimum atomic E-state index is -0.797. The molecule has 94 valence electrons. The molecule has 1 heterocycles. The van der Waals surface area contributed by atoms with E-state index in [1.54, 1.807) is 7.05 Å². The molecule has 1 N–H and O–H groups in total. The van der Waals surface area contributed by atoms with Crippen molar-refractivity contribution in [1.29, 1.82) is 0 Å². The van der Waals surface area contributed by atoms with Gasteiger partial charge in [0.2, 0.25) is 5.91 Å². The molecule has 0 radical (unpaired) electrons. The normalized spacial score (nSPS) is 19.4. The van der Waals surface area contributed by atoms with Crippen molar-refractivity contribution in [2.24, 2.45) is 0 Å². The predicted molar refractivity (Wildman–Crippen MR) is 59.1 cm³/mol. The number of likely N-dealkylation sites (N-methyl/N-ethyl adjacent to an activating group) is 1. The summed E-state index contributed by atoms with van der Waals surface area (Å²) < 4.78 is 10.2. The Labute approximate surface area is 96.3 Å². The molecule has 1 rings (SSSR count). The van der Waals surface area contributed by atoms with Crippen LogP contribution in [0.3, 0.4) is 0 Å². The molecule has 1 saturated heterocycles. The van der Waals surface area contributed by atoms with Crippen LogP contribution in [0.5, 0.6) is 0 Å². The summed E-state index contributed by atoms with van der Waals surface area (Å²) in [6.07, 6.45) is 1.17. The molecule has 1 amide bonds. The molecule has 0 aromatic carbocycles. The lowest BCUT2D eigenvalue weighted by Crippen LogP contribution is -2.48. The van der Waals surface area contributed by atoms with Gasteiger partial charge in [0.25, 0.3) is 0 Å². The Bertz CT molecular complexity index is 226. The molecule has 0 saturated carbocycles. The third-order valence-corrected chi connectivity index (χ3v) is 2.81. The molecule has 0 atom stereocenters. The number of rotatable bonds is 5. The Kier molecular flexibility index (Phi) is 5.18. The lowest BCUT2D eigenvalue weighted by Gasteiger charge is -2.35. The van der Waals surface area contributed by atoms with Crippen LogP contribution in [-0.4, -0.2) is 61.5 Å². The van der Waals surface area contributed by atoms with Crippen LogP contribution in [0.4, 0.5) is 0 Å². The van der Waals surface area contributed by atoms with Crippen molar-refractivity contribution in [3.63, 3.8) is 0 Å². The summed E-state index contributed by atoms with van der Waals surface area (Å²) in [5, 5.41) is 10.2. The predicted octanol–water partition coefficient (Wildman–Crippen LogP) is 0.0228. The maximum absolute atomic E-state index is 11.6. The minimum absolute atomic E-state index is 0.0829. The maximum Gasteiger partial charge on any atom is 0.248 e. The van der Waals surface area contributed by atoms with E-state index in [4.69, 9.17) is 9.47 Å². The van der Waals surface area contributed by atoms with Gasteiger partial charge in [-0.05, 0) is 6.92 Å². The van der Waals surface area contributed by atoms with Gasteiger partial charge in [-0.1, -0.05) is 0 Å². The average molecular weight is 231 g/mol. The van der Waals surface area contributed by atoms with E-state index < -0.39 is 5.60 Å². The molecule has 0 bridgehead atoms. The van der Waals surface area contributed by atoms with Crippen molar-refractivity contribution in [3.8, 4) is 0 Å². The summed E-state index contributed by atoms with van der Waals surface area (Å²) in [7, 11) is 1.69. The van der Waals surface area contributed by atoms with Crippen LogP contribution >= 0.6 is 0 Å².